The summed E-state index contributed by atoms with van der Waals surface area (Å²) in [5, 5.41) is 4.57. The molecule has 1 aromatic heterocycles. The van der Waals surface area contributed by atoms with E-state index in [9.17, 15) is 18.0 Å². The Hall–Kier alpha value is -2.58. The minimum Gasteiger partial charge on any atom is -0.497 e. The monoisotopic (exact) mass is 412 g/mol. The lowest BCUT2D eigenvalue weighted by Crippen LogP contribution is -2.17. The number of halogens is 4. The average molecular weight is 413 g/mol. The summed E-state index contributed by atoms with van der Waals surface area (Å²) in [6, 6.07) is 10.1. The average Bonchev–Trinajstić information content (AvgIpc) is 2.97. The van der Waals surface area contributed by atoms with Gasteiger partial charge < -0.3 is 4.74 Å². The van der Waals surface area contributed by atoms with Gasteiger partial charge in [-0.15, -0.1) is 11.3 Å². The van der Waals surface area contributed by atoms with Crippen LogP contribution in [0.5, 0.6) is 5.75 Å². The number of carbonyl (C=O) groups is 1. The van der Waals surface area contributed by atoms with Crippen LogP contribution in [-0.4, -0.2) is 19.2 Å². The summed E-state index contributed by atoms with van der Waals surface area (Å²) in [5.74, 6) is 0.00931. The molecule has 140 valence electrons. The zero-order chi connectivity index (χ0) is 19.6. The first-order valence-electron chi connectivity index (χ1n) is 7.57. The molecule has 3 aromatic rings. The van der Waals surface area contributed by atoms with Crippen molar-refractivity contribution in [2.75, 3.05) is 7.11 Å². The Morgan fingerprint density at radius 1 is 1.26 bits per heavy atom. The van der Waals surface area contributed by atoms with Gasteiger partial charge in [0.2, 0.25) is 0 Å². The molecule has 0 unspecified atom stereocenters. The van der Waals surface area contributed by atoms with Crippen molar-refractivity contribution in [2.45, 2.75) is 6.18 Å². The fourth-order valence-electron chi connectivity index (χ4n) is 2.40. The first-order valence-corrected chi connectivity index (χ1v) is 8.76. The predicted octanol–water partition coefficient (Wildman–Crippen LogP) is 5.35. The minimum absolute atomic E-state index is 0.155. The zero-order valence-corrected chi connectivity index (χ0v) is 15.4. The summed E-state index contributed by atoms with van der Waals surface area (Å²) in [5.41, 5.74) is 1.22. The molecule has 0 aliphatic carbocycles. The number of carbonyl (C=O) groups excluding carboxylic acids is 1. The van der Waals surface area contributed by atoms with Crippen LogP contribution in [0.2, 0.25) is 5.02 Å². The molecule has 0 atom stereocenters. The molecule has 1 heterocycles. The number of nitrogens with one attached hydrogen (secondary N) is 1. The fraction of sp³-hybridized carbons (Fsp3) is 0.111. The lowest BCUT2D eigenvalue weighted by Gasteiger charge is -2.09. The van der Waals surface area contributed by atoms with E-state index in [-0.39, 0.29) is 15.5 Å². The molecule has 3 rings (SSSR count). The van der Waals surface area contributed by atoms with Crippen molar-refractivity contribution in [3.63, 3.8) is 0 Å². The Balaban J connectivity index is 1.82. The Morgan fingerprint density at radius 2 is 2.00 bits per heavy atom. The first kappa shape index (κ1) is 19.2. The highest BCUT2D eigenvalue weighted by molar-refractivity contribution is 7.21. The lowest BCUT2D eigenvalue weighted by molar-refractivity contribution is -0.137. The van der Waals surface area contributed by atoms with Gasteiger partial charge in [0.25, 0.3) is 5.91 Å². The Kier molecular flexibility index (Phi) is 5.38. The van der Waals surface area contributed by atoms with Gasteiger partial charge in [0.1, 0.15) is 10.6 Å². The number of benzene rings is 2. The van der Waals surface area contributed by atoms with E-state index in [2.05, 4.69) is 10.5 Å². The second-order valence-corrected chi connectivity index (χ2v) is 6.82. The van der Waals surface area contributed by atoms with Crippen molar-refractivity contribution in [2.24, 2.45) is 5.10 Å². The highest BCUT2D eigenvalue weighted by atomic mass is 35.5. The summed E-state index contributed by atoms with van der Waals surface area (Å²) in [6.07, 6.45) is -3.56. The zero-order valence-electron chi connectivity index (χ0n) is 13.8. The number of rotatable bonds is 4. The summed E-state index contributed by atoms with van der Waals surface area (Å²) >= 11 is 7.37. The second-order valence-electron chi connectivity index (χ2n) is 5.39. The Labute approximate surface area is 161 Å². The highest BCUT2D eigenvalue weighted by Gasteiger charge is 2.32. The number of hydrogen-bond acceptors (Lipinski definition) is 4. The summed E-state index contributed by atoms with van der Waals surface area (Å²) in [4.78, 5) is 12.5. The number of hydrogen-bond donors (Lipinski definition) is 1. The largest absolute Gasteiger partial charge is 0.497 e. The maximum absolute atomic E-state index is 13.0. The molecule has 0 fully saturated rings. The third-order valence-electron chi connectivity index (χ3n) is 3.68. The number of alkyl halides is 3. The highest BCUT2D eigenvalue weighted by Crippen LogP contribution is 2.37. The molecule has 0 saturated heterocycles. The molecule has 1 N–H and O–H groups in total. The van der Waals surface area contributed by atoms with Crippen LogP contribution < -0.4 is 10.2 Å². The van der Waals surface area contributed by atoms with Crippen LogP contribution in [0.4, 0.5) is 13.2 Å². The van der Waals surface area contributed by atoms with Crippen LogP contribution in [-0.2, 0) is 6.18 Å². The Bertz CT molecular complexity index is 1030. The van der Waals surface area contributed by atoms with E-state index in [4.69, 9.17) is 16.3 Å². The van der Waals surface area contributed by atoms with Crippen LogP contribution in [0.15, 0.2) is 47.6 Å². The predicted molar refractivity (Wildman–Crippen MR) is 99.9 cm³/mol. The quantitative estimate of drug-likeness (QED) is 0.464. The van der Waals surface area contributed by atoms with Gasteiger partial charge in [-0.2, -0.15) is 18.3 Å². The molecule has 0 spiro atoms. The van der Waals surface area contributed by atoms with Gasteiger partial charge in [-0.3, -0.25) is 4.79 Å². The number of hydrazone groups is 1. The normalized spacial score (nSPS) is 11.9. The van der Waals surface area contributed by atoms with E-state index in [0.29, 0.717) is 11.1 Å². The molecule has 0 aliphatic rings. The molecule has 27 heavy (non-hydrogen) atoms. The minimum atomic E-state index is -4.51. The van der Waals surface area contributed by atoms with Crippen molar-refractivity contribution >= 4 is 45.1 Å². The SMILES string of the molecule is COc1ccc2c(Cl)c(C(=O)N/N=C/c3ccccc3C(F)(F)F)sc2c1. The summed E-state index contributed by atoms with van der Waals surface area (Å²) in [7, 11) is 1.53. The number of methoxy groups -OCH3 is 1. The van der Waals surface area contributed by atoms with Crippen molar-refractivity contribution < 1.29 is 22.7 Å². The molecule has 1 amide bonds. The molecule has 0 aliphatic heterocycles. The number of nitrogens with zero attached hydrogens (tertiary/aromatic N) is 1. The summed E-state index contributed by atoms with van der Waals surface area (Å²) < 4.78 is 44.7. The molecule has 0 radical (unpaired) electrons. The molecule has 4 nitrogen and oxygen atoms in total. The third-order valence-corrected chi connectivity index (χ3v) is 5.33. The topological polar surface area (TPSA) is 50.7 Å². The Morgan fingerprint density at radius 3 is 2.70 bits per heavy atom. The molecule has 9 heteroatoms. The lowest BCUT2D eigenvalue weighted by atomic mass is 10.1. The smallest absolute Gasteiger partial charge is 0.417 e. The van der Waals surface area contributed by atoms with Gasteiger partial charge >= 0.3 is 6.18 Å². The van der Waals surface area contributed by atoms with Gasteiger partial charge in [0.15, 0.2) is 0 Å². The van der Waals surface area contributed by atoms with Gasteiger partial charge in [-0.05, 0) is 24.3 Å². The van der Waals surface area contributed by atoms with Crippen molar-refractivity contribution in [1.82, 2.24) is 5.43 Å². The third kappa shape index (κ3) is 4.06. The molecular weight excluding hydrogens is 401 g/mol. The molecule has 0 bridgehead atoms. The van der Waals surface area contributed by atoms with E-state index in [1.165, 1.54) is 25.3 Å². The number of thiophene rings is 1. The van der Waals surface area contributed by atoms with Crippen molar-refractivity contribution in [3.8, 4) is 5.75 Å². The van der Waals surface area contributed by atoms with Crippen molar-refractivity contribution in [3.05, 3.63) is 63.5 Å². The van der Waals surface area contributed by atoms with Crippen LogP contribution in [0.3, 0.4) is 0 Å². The van der Waals surface area contributed by atoms with Gasteiger partial charge in [0, 0.05) is 15.6 Å². The van der Waals surface area contributed by atoms with Crippen LogP contribution in [0.1, 0.15) is 20.8 Å². The maximum atomic E-state index is 13.0. The molecule has 2 aromatic carbocycles. The second kappa shape index (κ2) is 7.58. The van der Waals surface area contributed by atoms with Crippen molar-refractivity contribution in [1.29, 1.82) is 0 Å². The standard InChI is InChI=1S/C18H12ClF3N2O2S/c1-26-11-6-7-12-14(8-11)27-16(15(12)19)17(25)24-23-9-10-4-2-3-5-13(10)18(20,21)22/h2-9H,1H3,(H,24,25)/b23-9+. The number of fused-ring (bicyclic) bond motifs is 1. The fourth-order valence-corrected chi connectivity index (χ4v) is 3.83. The van der Waals surface area contributed by atoms with E-state index < -0.39 is 17.6 Å². The number of amides is 1. The van der Waals surface area contributed by atoms with E-state index in [0.717, 1.165) is 28.3 Å². The van der Waals surface area contributed by atoms with Crippen LogP contribution in [0.25, 0.3) is 10.1 Å². The molecular formula is C18H12ClF3N2O2S. The maximum Gasteiger partial charge on any atom is 0.417 e. The summed E-state index contributed by atoms with van der Waals surface area (Å²) in [6.45, 7) is 0. The first-order chi connectivity index (χ1) is 12.8. The van der Waals surface area contributed by atoms with Gasteiger partial charge in [0.05, 0.1) is 23.9 Å². The van der Waals surface area contributed by atoms with Crippen LogP contribution in [0, 0.1) is 0 Å². The van der Waals surface area contributed by atoms with E-state index in [1.807, 2.05) is 0 Å². The van der Waals surface area contributed by atoms with Crippen LogP contribution >= 0.6 is 22.9 Å². The number of ether oxygens (including phenoxy) is 1. The van der Waals surface area contributed by atoms with Gasteiger partial charge in [-0.25, -0.2) is 5.43 Å². The molecule has 0 saturated carbocycles. The van der Waals surface area contributed by atoms with E-state index in [1.54, 1.807) is 18.2 Å². The van der Waals surface area contributed by atoms with Gasteiger partial charge in [-0.1, -0.05) is 29.8 Å². The van der Waals surface area contributed by atoms with E-state index >= 15 is 0 Å².